The van der Waals surface area contributed by atoms with Crippen LogP contribution in [0.4, 0.5) is 4.79 Å². The molecule has 2 N–H and O–H groups in total. The zero-order chi connectivity index (χ0) is 14.7. The molecule has 0 radical (unpaired) electrons. The number of aliphatic hydroxyl groups excluding tert-OH is 1. The summed E-state index contributed by atoms with van der Waals surface area (Å²) < 4.78 is 0. The number of nitrogens with one attached hydrogen (secondary N) is 1. The summed E-state index contributed by atoms with van der Waals surface area (Å²) in [5, 5.41) is 12.0. The van der Waals surface area contributed by atoms with Crippen LogP contribution in [-0.2, 0) is 11.2 Å². The van der Waals surface area contributed by atoms with Crippen LogP contribution in [0.2, 0.25) is 5.02 Å². The lowest BCUT2D eigenvalue weighted by Crippen LogP contribution is -2.18. The minimum atomic E-state index is -0.695. The molecule has 20 heavy (non-hydrogen) atoms. The topological polar surface area (TPSA) is 66.4 Å². The fourth-order valence-corrected chi connectivity index (χ4v) is 2.74. The van der Waals surface area contributed by atoms with E-state index in [0.717, 1.165) is 22.9 Å². The van der Waals surface area contributed by atoms with Gasteiger partial charge in [-0.05, 0) is 41.1 Å². The average molecular weight is 332 g/mol. The number of carbonyl (C=O) groups excluding carboxylic acids is 2. The second-order valence-corrected chi connectivity index (χ2v) is 5.97. The third-order valence-corrected chi connectivity index (χ3v) is 4.07. The van der Waals surface area contributed by atoms with Gasteiger partial charge in [-0.15, -0.1) is 11.6 Å². The number of halogens is 2. The molecule has 106 valence electrons. The van der Waals surface area contributed by atoms with Gasteiger partial charge in [-0.25, -0.2) is 0 Å². The molecule has 1 saturated heterocycles. The first kappa shape index (κ1) is 15.4. The first-order chi connectivity index (χ1) is 9.49. The van der Waals surface area contributed by atoms with Crippen LogP contribution in [0, 0.1) is 0 Å². The molecular weight excluding hydrogens is 321 g/mol. The second kappa shape index (κ2) is 6.63. The van der Waals surface area contributed by atoms with Crippen LogP contribution in [0.5, 0.6) is 0 Å². The fraction of sp³-hybridized carbons (Fsp3) is 0.231. The standard InChI is InChI=1S/C13H11Cl2NO3S/c14-6-10(17)4-8-3-9(15)2-1-7(8)5-11-12(18)16-13(19)20-11/h1-3,5,10,17H,4,6H2,(H,16,18,19)/b11-5-. The maximum Gasteiger partial charge on any atom is 0.290 e. The Morgan fingerprint density at radius 1 is 1.40 bits per heavy atom. The van der Waals surface area contributed by atoms with Gasteiger partial charge in [0.05, 0.1) is 11.0 Å². The van der Waals surface area contributed by atoms with E-state index in [1.54, 1.807) is 24.3 Å². The van der Waals surface area contributed by atoms with Gasteiger partial charge in [0.25, 0.3) is 11.1 Å². The smallest absolute Gasteiger partial charge is 0.290 e. The summed E-state index contributed by atoms with van der Waals surface area (Å²) >= 11 is 12.4. The summed E-state index contributed by atoms with van der Waals surface area (Å²) in [5.41, 5.74) is 1.50. The van der Waals surface area contributed by atoms with E-state index in [2.05, 4.69) is 5.32 Å². The molecule has 0 aromatic heterocycles. The van der Waals surface area contributed by atoms with E-state index in [1.807, 2.05) is 0 Å². The van der Waals surface area contributed by atoms with Crippen LogP contribution < -0.4 is 5.32 Å². The molecular formula is C13H11Cl2NO3S. The Balaban J connectivity index is 2.34. The Kier molecular flexibility index (Phi) is 5.10. The number of aliphatic hydroxyl groups is 1. The number of amides is 2. The van der Waals surface area contributed by atoms with Crippen molar-refractivity contribution < 1.29 is 14.7 Å². The average Bonchev–Trinajstić information content (AvgIpc) is 2.71. The molecule has 4 nitrogen and oxygen atoms in total. The van der Waals surface area contributed by atoms with Gasteiger partial charge in [-0.3, -0.25) is 14.9 Å². The molecule has 1 heterocycles. The SMILES string of the molecule is O=C1NC(=O)/C(=C/c2ccc(Cl)cc2CC(O)CCl)S1. The number of thioether (sulfide) groups is 1. The highest BCUT2D eigenvalue weighted by Gasteiger charge is 2.25. The lowest BCUT2D eigenvalue weighted by Gasteiger charge is -2.10. The van der Waals surface area contributed by atoms with Crippen molar-refractivity contribution in [2.45, 2.75) is 12.5 Å². The van der Waals surface area contributed by atoms with Gasteiger partial charge in [0, 0.05) is 17.3 Å². The van der Waals surface area contributed by atoms with Crippen molar-refractivity contribution in [2.24, 2.45) is 0 Å². The van der Waals surface area contributed by atoms with Gasteiger partial charge in [-0.1, -0.05) is 17.7 Å². The molecule has 1 atom stereocenters. The van der Waals surface area contributed by atoms with Crippen LogP contribution in [0.15, 0.2) is 23.1 Å². The summed E-state index contributed by atoms with van der Waals surface area (Å²) in [4.78, 5) is 23.0. The monoisotopic (exact) mass is 331 g/mol. The molecule has 1 unspecified atom stereocenters. The number of benzene rings is 1. The Morgan fingerprint density at radius 2 is 2.15 bits per heavy atom. The zero-order valence-electron chi connectivity index (χ0n) is 10.2. The van der Waals surface area contributed by atoms with Crippen molar-refractivity contribution in [2.75, 3.05) is 5.88 Å². The third-order valence-electron chi connectivity index (χ3n) is 2.67. The number of rotatable bonds is 4. The fourth-order valence-electron chi connectivity index (χ4n) is 1.76. The zero-order valence-corrected chi connectivity index (χ0v) is 12.6. The molecule has 2 amide bonds. The van der Waals surface area contributed by atoms with E-state index in [4.69, 9.17) is 23.2 Å². The van der Waals surface area contributed by atoms with Crippen LogP contribution in [0.1, 0.15) is 11.1 Å². The molecule has 1 aliphatic rings. The first-order valence-corrected chi connectivity index (χ1v) is 7.50. The number of carbonyl (C=O) groups is 2. The van der Waals surface area contributed by atoms with Gasteiger partial charge in [0.1, 0.15) is 0 Å². The largest absolute Gasteiger partial charge is 0.392 e. The molecule has 0 aliphatic carbocycles. The molecule has 1 fully saturated rings. The van der Waals surface area contributed by atoms with Crippen molar-refractivity contribution in [3.8, 4) is 0 Å². The van der Waals surface area contributed by atoms with Crippen LogP contribution in [0.25, 0.3) is 6.08 Å². The Morgan fingerprint density at radius 3 is 2.75 bits per heavy atom. The normalized spacial score (nSPS) is 18.4. The lowest BCUT2D eigenvalue weighted by molar-refractivity contribution is -0.115. The van der Waals surface area contributed by atoms with Gasteiger partial charge in [-0.2, -0.15) is 0 Å². The molecule has 0 spiro atoms. The van der Waals surface area contributed by atoms with E-state index < -0.39 is 17.3 Å². The predicted octanol–water partition coefficient (Wildman–Crippen LogP) is 2.81. The summed E-state index contributed by atoms with van der Waals surface area (Å²) in [5.74, 6) is -0.310. The third kappa shape index (κ3) is 3.76. The molecule has 2 rings (SSSR count). The Bertz CT molecular complexity index is 589. The summed E-state index contributed by atoms with van der Waals surface area (Å²) in [6, 6.07) is 5.13. The number of imide groups is 1. The number of hydrogen-bond donors (Lipinski definition) is 2. The second-order valence-electron chi connectivity index (χ2n) is 4.21. The molecule has 1 aromatic rings. The minimum Gasteiger partial charge on any atom is -0.392 e. The van der Waals surface area contributed by atoms with E-state index in [-0.39, 0.29) is 5.88 Å². The minimum absolute atomic E-state index is 0.107. The van der Waals surface area contributed by atoms with Gasteiger partial charge in [0.2, 0.25) is 0 Å². The van der Waals surface area contributed by atoms with Crippen molar-refractivity contribution >= 4 is 52.2 Å². The first-order valence-electron chi connectivity index (χ1n) is 5.77. The highest BCUT2D eigenvalue weighted by Crippen LogP contribution is 2.28. The summed E-state index contributed by atoms with van der Waals surface area (Å²) in [6.45, 7) is 0. The van der Waals surface area contributed by atoms with E-state index in [0.29, 0.717) is 16.3 Å². The van der Waals surface area contributed by atoms with Crippen molar-refractivity contribution in [1.82, 2.24) is 5.32 Å². The van der Waals surface area contributed by atoms with E-state index in [1.165, 1.54) is 0 Å². The quantitative estimate of drug-likeness (QED) is 0.657. The molecule has 0 saturated carbocycles. The van der Waals surface area contributed by atoms with Crippen molar-refractivity contribution in [3.63, 3.8) is 0 Å². The van der Waals surface area contributed by atoms with Gasteiger partial charge in [0.15, 0.2) is 0 Å². The molecule has 7 heteroatoms. The van der Waals surface area contributed by atoms with Gasteiger partial charge < -0.3 is 5.11 Å². The van der Waals surface area contributed by atoms with Crippen molar-refractivity contribution in [3.05, 3.63) is 39.3 Å². The molecule has 0 bridgehead atoms. The van der Waals surface area contributed by atoms with Gasteiger partial charge >= 0.3 is 0 Å². The summed E-state index contributed by atoms with van der Waals surface area (Å²) in [6.07, 6.45) is 1.24. The molecule has 1 aliphatic heterocycles. The van der Waals surface area contributed by atoms with Crippen molar-refractivity contribution in [1.29, 1.82) is 0 Å². The van der Waals surface area contributed by atoms with E-state index in [9.17, 15) is 14.7 Å². The highest BCUT2D eigenvalue weighted by molar-refractivity contribution is 8.18. The van der Waals surface area contributed by atoms with Crippen LogP contribution in [-0.4, -0.2) is 28.2 Å². The maximum atomic E-state index is 11.5. The summed E-state index contributed by atoms with van der Waals surface area (Å²) in [7, 11) is 0. The number of hydrogen-bond acceptors (Lipinski definition) is 4. The maximum absolute atomic E-state index is 11.5. The van der Waals surface area contributed by atoms with E-state index >= 15 is 0 Å². The van der Waals surface area contributed by atoms with Crippen LogP contribution in [0.3, 0.4) is 0 Å². The predicted molar refractivity (Wildman–Crippen MR) is 81.0 cm³/mol. The Labute approximate surface area is 130 Å². The molecule has 1 aromatic carbocycles. The number of alkyl halides is 1. The lowest BCUT2D eigenvalue weighted by atomic mass is 10.0. The highest BCUT2D eigenvalue weighted by atomic mass is 35.5. The Hall–Kier alpha value is -1.01. The van der Waals surface area contributed by atoms with Crippen LogP contribution >= 0.6 is 35.0 Å².